The minimum Gasteiger partial charge on any atom is -0.396 e. The van der Waals surface area contributed by atoms with Crippen LogP contribution in [0.15, 0.2) is 6.33 Å². The first-order valence-electron chi connectivity index (χ1n) is 4.41. The van der Waals surface area contributed by atoms with Gasteiger partial charge < -0.3 is 10.1 Å². The molecule has 1 heterocycles. The average Bonchev–Trinajstić information content (AvgIpc) is 2.65. The Balaban J connectivity index is 2.47. The topological polar surface area (TPSA) is 72.7 Å². The van der Waals surface area contributed by atoms with Gasteiger partial charge in [0.1, 0.15) is 11.8 Å². The molecule has 1 aromatic rings. The summed E-state index contributed by atoms with van der Waals surface area (Å²) in [5.41, 5.74) is 0.899. The Kier molecular flexibility index (Phi) is 4.26. The number of aromatic nitrogens is 2. The van der Waals surface area contributed by atoms with E-state index in [2.05, 4.69) is 21.8 Å². The van der Waals surface area contributed by atoms with Crippen LogP contribution in [0.25, 0.3) is 0 Å². The quantitative estimate of drug-likeness (QED) is 0.545. The third kappa shape index (κ3) is 2.93. The van der Waals surface area contributed by atoms with Crippen molar-refractivity contribution in [1.29, 1.82) is 5.26 Å². The number of hydrogen-bond acceptors (Lipinski definition) is 3. The summed E-state index contributed by atoms with van der Waals surface area (Å²) in [6, 6.07) is 1.94. The second kappa shape index (κ2) is 5.80. The van der Waals surface area contributed by atoms with Crippen LogP contribution in [0.1, 0.15) is 30.7 Å². The van der Waals surface area contributed by atoms with Gasteiger partial charge in [-0.2, -0.15) is 5.26 Å². The van der Waals surface area contributed by atoms with E-state index in [1.165, 1.54) is 6.33 Å². The number of nitrogens with zero attached hydrogens (tertiary/aromatic N) is 2. The van der Waals surface area contributed by atoms with Crippen molar-refractivity contribution in [1.82, 2.24) is 9.97 Å². The number of aromatic amines is 1. The Morgan fingerprint density at radius 1 is 1.50 bits per heavy atom. The van der Waals surface area contributed by atoms with E-state index in [4.69, 9.17) is 10.4 Å². The zero-order valence-electron chi connectivity index (χ0n) is 7.75. The van der Waals surface area contributed by atoms with E-state index in [9.17, 15) is 0 Å². The summed E-state index contributed by atoms with van der Waals surface area (Å²) in [6.45, 7) is 0.204. The molecule has 0 spiro atoms. The maximum Gasteiger partial charge on any atom is 0.174 e. The van der Waals surface area contributed by atoms with Gasteiger partial charge in [0.25, 0.3) is 0 Å². The molecule has 0 radical (unpaired) electrons. The van der Waals surface area contributed by atoms with Crippen LogP contribution in [0.5, 0.6) is 0 Å². The molecule has 0 aliphatic carbocycles. The van der Waals surface area contributed by atoms with Gasteiger partial charge in [-0.1, -0.05) is 5.92 Å². The van der Waals surface area contributed by atoms with Crippen molar-refractivity contribution < 1.29 is 5.11 Å². The normalized spacial score (nSPS) is 8.86. The van der Waals surface area contributed by atoms with Gasteiger partial charge in [0.15, 0.2) is 5.69 Å². The van der Waals surface area contributed by atoms with E-state index >= 15 is 0 Å². The highest BCUT2D eigenvalue weighted by atomic mass is 16.2. The van der Waals surface area contributed by atoms with Gasteiger partial charge in [0.2, 0.25) is 0 Å². The fourth-order valence-electron chi connectivity index (χ4n) is 0.950. The monoisotopic (exact) mass is 189 g/mol. The number of hydrogen-bond donors (Lipinski definition) is 2. The van der Waals surface area contributed by atoms with Crippen molar-refractivity contribution in [2.45, 2.75) is 19.3 Å². The molecule has 14 heavy (non-hydrogen) atoms. The van der Waals surface area contributed by atoms with E-state index < -0.39 is 0 Å². The second-order valence-electron chi connectivity index (χ2n) is 2.72. The van der Waals surface area contributed by atoms with Crippen LogP contribution in [0.2, 0.25) is 0 Å². The SMILES string of the molecule is N#Cc1nc[nH]c1C#CCCCCO. The molecule has 0 unspecified atom stereocenters. The summed E-state index contributed by atoms with van der Waals surface area (Å²) in [5.74, 6) is 5.74. The molecule has 0 amide bonds. The first kappa shape index (κ1) is 10.3. The van der Waals surface area contributed by atoms with Crippen molar-refractivity contribution in [3.05, 3.63) is 17.7 Å². The van der Waals surface area contributed by atoms with Crippen molar-refractivity contribution in [3.8, 4) is 17.9 Å². The van der Waals surface area contributed by atoms with Crippen LogP contribution in [-0.4, -0.2) is 21.7 Å². The molecule has 2 N–H and O–H groups in total. The highest BCUT2D eigenvalue weighted by Crippen LogP contribution is 1.98. The molecule has 72 valence electrons. The average molecular weight is 189 g/mol. The number of unbranched alkanes of at least 4 members (excludes halogenated alkanes) is 2. The van der Waals surface area contributed by atoms with Crippen LogP contribution in [-0.2, 0) is 0 Å². The Hall–Kier alpha value is -1.78. The highest BCUT2D eigenvalue weighted by Gasteiger charge is 1.98. The lowest BCUT2D eigenvalue weighted by Crippen LogP contribution is -1.82. The highest BCUT2D eigenvalue weighted by molar-refractivity contribution is 5.38. The van der Waals surface area contributed by atoms with E-state index in [0.29, 0.717) is 11.4 Å². The molecule has 0 aliphatic heterocycles. The number of aliphatic hydroxyl groups excluding tert-OH is 1. The number of H-pyrrole nitrogens is 1. The largest absolute Gasteiger partial charge is 0.396 e. The molecule has 0 aromatic carbocycles. The Bertz CT molecular complexity index is 378. The second-order valence-corrected chi connectivity index (χ2v) is 2.72. The molecule has 4 nitrogen and oxygen atoms in total. The summed E-state index contributed by atoms with van der Waals surface area (Å²) < 4.78 is 0. The molecule has 1 aromatic heterocycles. The molecule has 0 bridgehead atoms. The molecule has 0 aliphatic rings. The van der Waals surface area contributed by atoms with Crippen molar-refractivity contribution in [3.63, 3.8) is 0 Å². The van der Waals surface area contributed by atoms with E-state index in [1.54, 1.807) is 0 Å². The fraction of sp³-hybridized carbons (Fsp3) is 0.400. The minimum atomic E-state index is 0.204. The van der Waals surface area contributed by atoms with Crippen LogP contribution < -0.4 is 0 Å². The van der Waals surface area contributed by atoms with Crippen LogP contribution in [0.3, 0.4) is 0 Å². The van der Waals surface area contributed by atoms with E-state index in [-0.39, 0.29) is 6.61 Å². The number of nitrogens with one attached hydrogen (secondary N) is 1. The van der Waals surface area contributed by atoms with Crippen molar-refractivity contribution >= 4 is 0 Å². The van der Waals surface area contributed by atoms with Gasteiger partial charge in [-0.15, -0.1) is 0 Å². The van der Waals surface area contributed by atoms with Crippen molar-refractivity contribution in [2.75, 3.05) is 6.61 Å². The van der Waals surface area contributed by atoms with E-state index in [1.807, 2.05) is 6.07 Å². The number of nitriles is 1. The van der Waals surface area contributed by atoms with Gasteiger partial charge in [-0.05, 0) is 18.8 Å². The molecule has 4 heteroatoms. The number of rotatable bonds is 3. The molecule has 0 saturated carbocycles. The number of imidazole rings is 1. The lowest BCUT2D eigenvalue weighted by Gasteiger charge is -1.87. The minimum absolute atomic E-state index is 0.204. The molecule has 0 fully saturated rings. The Morgan fingerprint density at radius 2 is 2.36 bits per heavy atom. The first-order chi connectivity index (χ1) is 6.88. The summed E-state index contributed by atoms with van der Waals surface area (Å²) in [7, 11) is 0. The third-order valence-corrected chi connectivity index (χ3v) is 1.67. The third-order valence-electron chi connectivity index (χ3n) is 1.67. The smallest absolute Gasteiger partial charge is 0.174 e. The lowest BCUT2D eigenvalue weighted by molar-refractivity contribution is 0.285. The van der Waals surface area contributed by atoms with E-state index in [0.717, 1.165) is 19.3 Å². The molecule has 1 rings (SSSR count). The predicted octanol–water partition coefficient (Wildman–Crippen LogP) is 0.795. The Morgan fingerprint density at radius 3 is 3.07 bits per heavy atom. The molecule has 0 atom stereocenters. The van der Waals surface area contributed by atoms with Crippen LogP contribution in [0, 0.1) is 23.2 Å². The zero-order chi connectivity index (χ0) is 10.2. The van der Waals surface area contributed by atoms with Gasteiger partial charge >= 0.3 is 0 Å². The molecule has 0 saturated heterocycles. The maximum absolute atomic E-state index is 8.61. The zero-order valence-corrected chi connectivity index (χ0v) is 7.75. The molecular weight excluding hydrogens is 178 g/mol. The summed E-state index contributed by atoms with van der Waals surface area (Å²) in [4.78, 5) is 6.58. The molecular formula is C10H11N3O. The standard InChI is InChI=1S/C10H11N3O/c11-7-10-9(12-8-13-10)5-3-1-2-4-6-14/h8,14H,1-2,4,6H2,(H,12,13). The fourth-order valence-corrected chi connectivity index (χ4v) is 0.950. The van der Waals surface area contributed by atoms with Gasteiger partial charge in [0, 0.05) is 13.0 Å². The van der Waals surface area contributed by atoms with Crippen LogP contribution in [0.4, 0.5) is 0 Å². The van der Waals surface area contributed by atoms with Crippen LogP contribution >= 0.6 is 0 Å². The summed E-state index contributed by atoms with van der Waals surface area (Å²) >= 11 is 0. The first-order valence-corrected chi connectivity index (χ1v) is 4.41. The van der Waals surface area contributed by atoms with Gasteiger partial charge in [-0.25, -0.2) is 4.98 Å². The number of aliphatic hydroxyl groups is 1. The lowest BCUT2D eigenvalue weighted by atomic mass is 10.2. The van der Waals surface area contributed by atoms with Crippen molar-refractivity contribution in [2.24, 2.45) is 0 Å². The Labute approximate surface area is 82.6 Å². The maximum atomic E-state index is 8.61. The summed E-state index contributed by atoms with van der Waals surface area (Å²) in [6.07, 6.45) is 3.82. The van der Waals surface area contributed by atoms with Gasteiger partial charge in [0.05, 0.1) is 6.33 Å². The summed E-state index contributed by atoms with van der Waals surface area (Å²) in [5, 5.41) is 17.1. The van der Waals surface area contributed by atoms with Gasteiger partial charge in [-0.3, -0.25) is 0 Å². The predicted molar refractivity (Wildman–Crippen MR) is 51.1 cm³/mol.